The van der Waals surface area contributed by atoms with Crippen molar-refractivity contribution in [2.24, 2.45) is 0 Å². The molecule has 0 amide bonds. The van der Waals surface area contributed by atoms with Gasteiger partial charge in [-0.05, 0) is 40.3 Å². The largest absolute Gasteiger partial charge is 0.488 e. The number of carbonyl (C=O) groups is 1. The minimum Gasteiger partial charge on any atom is -0.488 e. The van der Waals surface area contributed by atoms with Gasteiger partial charge in [0.05, 0.1) is 23.6 Å². The van der Waals surface area contributed by atoms with Crippen molar-refractivity contribution in [2.45, 2.75) is 6.61 Å². The number of hydrogen-bond acceptors (Lipinski definition) is 3. The van der Waals surface area contributed by atoms with Crippen LogP contribution in [-0.2, 0) is 11.3 Å². The molecule has 1 heterocycles. The Bertz CT molecular complexity index is 811. The van der Waals surface area contributed by atoms with E-state index in [1.807, 2.05) is 36.5 Å². The molecule has 0 aliphatic carbocycles. The highest BCUT2D eigenvalue weighted by molar-refractivity contribution is 14.1. The molecule has 0 unspecified atom stereocenters. The van der Waals surface area contributed by atoms with Gasteiger partial charge in [0.2, 0.25) is 0 Å². The summed E-state index contributed by atoms with van der Waals surface area (Å²) in [5, 5.41) is 0.976. The number of hydrogen-bond donors (Lipinski definition) is 1. The molecule has 0 bridgehead atoms. The molecular formula is C17H14INO3. The quantitative estimate of drug-likeness (QED) is 0.523. The van der Waals surface area contributed by atoms with Gasteiger partial charge >= 0.3 is 5.97 Å². The van der Waals surface area contributed by atoms with Crippen LogP contribution in [0.2, 0.25) is 0 Å². The van der Waals surface area contributed by atoms with Gasteiger partial charge in [-0.25, -0.2) is 4.79 Å². The lowest BCUT2D eigenvalue weighted by Crippen LogP contribution is -2.03. The lowest BCUT2D eigenvalue weighted by Gasteiger charge is -2.10. The number of methoxy groups -OCH3 is 1. The highest BCUT2D eigenvalue weighted by Crippen LogP contribution is 2.32. The van der Waals surface area contributed by atoms with Crippen molar-refractivity contribution in [1.29, 1.82) is 0 Å². The lowest BCUT2D eigenvalue weighted by atomic mass is 10.1. The first kappa shape index (κ1) is 14.9. The number of benzene rings is 2. The fourth-order valence-corrected chi connectivity index (χ4v) is 2.99. The first-order valence-electron chi connectivity index (χ1n) is 6.74. The zero-order valence-corrected chi connectivity index (χ0v) is 14.1. The molecule has 5 heteroatoms. The SMILES string of the molecule is COC(=O)c1cc(OCc2ccccc2)c2c(I)c[nH]c2c1. The summed E-state index contributed by atoms with van der Waals surface area (Å²) in [6.45, 7) is 0.446. The second kappa shape index (κ2) is 6.39. The predicted octanol–water partition coefficient (Wildman–Crippen LogP) is 4.14. The standard InChI is InChI=1S/C17H14INO3/c1-21-17(20)12-7-14-16(13(18)9-19-14)15(8-12)22-10-11-5-3-2-4-6-11/h2-9,19H,10H2,1H3. The van der Waals surface area contributed by atoms with Gasteiger partial charge in [-0.15, -0.1) is 0 Å². The number of ether oxygens (including phenoxy) is 2. The number of H-pyrrole nitrogens is 1. The third kappa shape index (κ3) is 2.94. The van der Waals surface area contributed by atoms with Gasteiger partial charge in [0.15, 0.2) is 0 Å². The zero-order chi connectivity index (χ0) is 15.5. The Hall–Kier alpha value is -2.02. The fraction of sp³-hybridized carbons (Fsp3) is 0.118. The van der Waals surface area contributed by atoms with Crippen molar-refractivity contribution in [3.8, 4) is 5.75 Å². The molecule has 4 nitrogen and oxygen atoms in total. The summed E-state index contributed by atoms with van der Waals surface area (Å²) in [5.74, 6) is 0.295. The van der Waals surface area contributed by atoms with E-state index in [0.29, 0.717) is 17.9 Å². The summed E-state index contributed by atoms with van der Waals surface area (Å²) in [6.07, 6.45) is 1.89. The average molecular weight is 407 g/mol. The van der Waals surface area contributed by atoms with Crippen LogP contribution in [0.4, 0.5) is 0 Å². The molecule has 0 spiro atoms. The first-order chi connectivity index (χ1) is 10.7. The average Bonchev–Trinajstić information content (AvgIpc) is 2.94. The maximum atomic E-state index is 11.8. The number of esters is 1. The van der Waals surface area contributed by atoms with Crippen LogP contribution >= 0.6 is 22.6 Å². The Morgan fingerprint density at radius 3 is 2.73 bits per heavy atom. The minimum atomic E-state index is -0.379. The van der Waals surface area contributed by atoms with Gasteiger partial charge in [0, 0.05) is 9.77 Å². The van der Waals surface area contributed by atoms with Crippen LogP contribution in [0.25, 0.3) is 10.9 Å². The number of carbonyl (C=O) groups excluding carboxylic acids is 1. The summed E-state index contributed by atoms with van der Waals surface area (Å²) >= 11 is 2.24. The molecule has 0 radical (unpaired) electrons. The van der Waals surface area contributed by atoms with E-state index in [4.69, 9.17) is 9.47 Å². The summed E-state index contributed by atoms with van der Waals surface area (Å²) in [4.78, 5) is 14.9. The maximum absolute atomic E-state index is 11.8. The van der Waals surface area contributed by atoms with Gasteiger partial charge in [-0.1, -0.05) is 30.3 Å². The summed E-state index contributed by atoms with van der Waals surface area (Å²) < 4.78 is 11.8. The zero-order valence-electron chi connectivity index (χ0n) is 11.9. The van der Waals surface area contributed by atoms with Crippen LogP contribution in [0.15, 0.2) is 48.7 Å². The maximum Gasteiger partial charge on any atom is 0.338 e. The van der Waals surface area contributed by atoms with Gasteiger partial charge in [0.25, 0.3) is 0 Å². The Balaban J connectivity index is 1.98. The second-order valence-electron chi connectivity index (χ2n) is 4.80. The minimum absolute atomic E-state index is 0.379. The lowest BCUT2D eigenvalue weighted by molar-refractivity contribution is 0.0600. The van der Waals surface area contributed by atoms with E-state index in [2.05, 4.69) is 27.6 Å². The molecule has 0 atom stereocenters. The summed E-state index contributed by atoms with van der Waals surface area (Å²) in [7, 11) is 1.37. The third-order valence-electron chi connectivity index (χ3n) is 3.35. The molecule has 22 heavy (non-hydrogen) atoms. The molecule has 3 rings (SSSR count). The van der Waals surface area contributed by atoms with Gasteiger partial charge < -0.3 is 14.5 Å². The monoisotopic (exact) mass is 407 g/mol. The van der Waals surface area contributed by atoms with Crippen molar-refractivity contribution >= 4 is 39.5 Å². The number of rotatable bonds is 4. The topological polar surface area (TPSA) is 51.3 Å². The highest BCUT2D eigenvalue weighted by Gasteiger charge is 2.14. The smallest absolute Gasteiger partial charge is 0.338 e. The number of nitrogens with one attached hydrogen (secondary N) is 1. The van der Waals surface area contributed by atoms with E-state index >= 15 is 0 Å². The molecule has 0 saturated heterocycles. The molecule has 112 valence electrons. The van der Waals surface area contributed by atoms with E-state index in [1.54, 1.807) is 12.1 Å². The molecule has 2 aromatic carbocycles. The van der Waals surface area contributed by atoms with Gasteiger partial charge in [0.1, 0.15) is 12.4 Å². The van der Waals surface area contributed by atoms with E-state index in [1.165, 1.54) is 7.11 Å². The van der Waals surface area contributed by atoms with Crippen LogP contribution in [0.5, 0.6) is 5.75 Å². The number of aromatic nitrogens is 1. The predicted molar refractivity (Wildman–Crippen MR) is 93.1 cm³/mol. The van der Waals surface area contributed by atoms with Crippen molar-refractivity contribution in [1.82, 2.24) is 4.98 Å². The van der Waals surface area contributed by atoms with Crippen molar-refractivity contribution in [3.63, 3.8) is 0 Å². The number of fused-ring (bicyclic) bond motifs is 1. The van der Waals surface area contributed by atoms with Crippen LogP contribution in [0.3, 0.4) is 0 Å². The molecule has 0 saturated carbocycles. The normalized spacial score (nSPS) is 10.6. The van der Waals surface area contributed by atoms with E-state index < -0.39 is 0 Å². The molecule has 0 fully saturated rings. The number of aromatic amines is 1. The Kier molecular flexibility index (Phi) is 4.33. The van der Waals surface area contributed by atoms with E-state index in [-0.39, 0.29) is 5.97 Å². The summed E-state index contributed by atoms with van der Waals surface area (Å²) in [5.41, 5.74) is 2.40. The highest BCUT2D eigenvalue weighted by atomic mass is 127. The van der Waals surface area contributed by atoms with E-state index in [0.717, 1.165) is 20.0 Å². The molecule has 1 aromatic heterocycles. The second-order valence-corrected chi connectivity index (χ2v) is 5.96. The third-order valence-corrected chi connectivity index (χ3v) is 4.20. The Morgan fingerprint density at radius 1 is 1.23 bits per heavy atom. The molecule has 3 aromatic rings. The van der Waals surface area contributed by atoms with Crippen molar-refractivity contribution in [2.75, 3.05) is 7.11 Å². The van der Waals surface area contributed by atoms with Gasteiger partial charge in [-0.2, -0.15) is 0 Å². The number of halogens is 1. The Morgan fingerprint density at radius 2 is 2.00 bits per heavy atom. The van der Waals surface area contributed by atoms with Crippen molar-refractivity contribution in [3.05, 3.63) is 63.4 Å². The van der Waals surface area contributed by atoms with Crippen LogP contribution in [0, 0.1) is 3.57 Å². The van der Waals surface area contributed by atoms with E-state index in [9.17, 15) is 4.79 Å². The first-order valence-corrected chi connectivity index (χ1v) is 7.82. The molecular weight excluding hydrogens is 393 g/mol. The van der Waals surface area contributed by atoms with Crippen LogP contribution in [-0.4, -0.2) is 18.1 Å². The van der Waals surface area contributed by atoms with Crippen molar-refractivity contribution < 1.29 is 14.3 Å². The molecule has 1 N–H and O–H groups in total. The van der Waals surface area contributed by atoms with Gasteiger partial charge in [-0.3, -0.25) is 0 Å². The molecule has 0 aliphatic rings. The molecule has 0 aliphatic heterocycles. The summed E-state index contributed by atoms with van der Waals surface area (Å²) in [6, 6.07) is 13.4. The fourth-order valence-electron chi connectivity index (χ4n) is 2.27. The Labute approximate surface area is 141 Å². The van der Waals surface area contributed by atoms with Crippen LogP contribution in [0.1, 0.15) is 15.9 Å². The van der Waals surface area contributed by atoms with Crippen LogP contribution < -0.4 is 4.74 Å².